The van der Waals surface area contributed by atoms with Gasteiger partial charge in [-0.2, -0.15) is 11.3 Å². The Morgan fingerprint density at radius 3 is 2.82 bits per heavy atom. The molecule has 118 valence electrons. The van der Waals surface area contributed by atoms with Crippen LogP contribution < -0.4 is 5.32 Å². The largest absolute Gasteiger partial charge is 0.396 e. The smallest absolute Gasteiger partial charge is 0.263 e. The first-order valence-electron chi connectivity index (χ1n) is 7.59. The van der Waals surface area contributed by atoms with Crippen molar-refractivity contribution in [3.63, 3.8) is 0 Å². The second kappa shape index (κ2) is 6.89. The summed E-state index contributed by atoms with van der Waals surface area (Å²) >= 11 is 3.10. The van der Waals surface area contributed by atoms with Gasteiger partial charge in [0, 0.05) is 23.6 Å². The average Bonchev–Trinajstić information content (AvgIpc) is 3.17. The van der Waals surface area contributed by atoms with Crippen LogP contribution >= 0.6 is 22.7 Å². The Morgan fingerprint density at radius 2 is 2.18 bits per heavy atom. The number of nitrogens with one attached hydrogen (secondary N) is 1. The summed E-state index contributed by atoms with van der Waals surface area (Å²) in [7, 11) is 0. The van der Waals surface area contributed by atoms with E-state index < -0.39 is 0 Å². The first-order valence-corrected chi connectivity index (χ1v) is 9.35. The molecule has 1 amide bonds. The fourth-order valence-electron chi connectivity index (χ4n) is 2.86. The summed E-state index contributed by atoms with van der Waals surface area (Å²) in [6.07, 6.45) is 3.88. The van der Waals surface area contributed by atoms with Crippen LogP contribution in [-0.4, -0.2) is 28.6 Å². The van der Waals surface area contributed by atoms with E-state index in [9.17, 15) is 9.90 Å². The summed E-state index contributed by atoms with van der Waals surface area (Å²) in [6, 6.07) is 2.25. The summed E-state index contributed by atoms with van der Waals surface area (Å²) in [4.78, 5) is 17.7. The summed E-state index contributed by atoms with van der Waals surface area (Å²) in [5, 5.41) is 17.3. The van der Waals surface area contributed by atoms with E-state index in [0.29, 0.717) is 10.8 Å². The maximum absolute atomic E-state index is 12.5. The summed E-state index contributed by atoms with van der Waals surface area (Å²) in [5.41, 5.74) is 1.88. The molecule has 0 saturated heterocycles. The molecule has 6 heteroatoms. The van der Waals surface area contributed by atoms with E-state index in [-0.39, 0.29) is 18.6 Å². The monoisotopic (exact) mass is 336 g/mol. The fraction of sp³-hybridized carbons (Fsp3) is 0.500. The molecular weight excluding hydrogens is 316 g/mol. The Hall–Kier alpha value is -1.24. The van der Waals surface area contributed by atoms with E-state index in [0.717, 1.165) is 41.9 Å². The zero-order valence-corrected chi connectivity index (χ0v) is 14.2. The van der Waals surface area contributed by atoms with Gasteiger partial charge in [-0.05, 0) is 50.0 Å². The van der Waals surface area contributed by atoms with Crippen LogP contribution in [0.2, 0.25) is 0 Å². The quantitative estimate of drug-likeness (QED) is 0.899. The Kier molecular flexibility index (Phi) is 4.90. The highest BCUT2D eigenvalue weighted by molar-refractivity contribution is 7.17. The molecule has 0 aliphatic heterocycles. The molecule has 2 heterocycles. The van der Waals surface area contributed by atoms with Crippen LogP contribution in [0, 0.1) is 12.8 Å². The minimum atomic E-state index is -0.0103. The van der Waals surface area contributed by atoms with Gasteiger partial charge in [-0.15, -0.1) is 11.3 Å². The fourth-order valence-corrected chi connectivity index (χ4v) is 4.54. The molecule has 0 unspecified atom stereocenters. The van der Waals surface area contributed by atoms with E-state index in [1.807, 2.05) is 18.4 Å². The van der Waals surface area contributed by atoms with Crippen molar-refractivity contribution in [3.8, 4) is 10.6 Å². The van der Waals surface area contributed by atoms with E-state index >= 15 is 0 Å². The van der Waals surface area contributed by atoms with E-state index in [2.05, 4.69) is 15.7 Å². The first-order chi connectivity index (χ1) is 10.7. The number of aliphatic hydroxyl groups excluding tert-OH is 1. The van der Waals surface area contributed by atoms with Crippen LogP contribution in [0.3, 0.4) is 0 Å². The van der Waals surface area contributed by atoms with Crippen LogP contribution in [0.5, 0.6) is 0 Å². The molecular formula is C16H20N2O2S2. The van der Waals surface area contributed by atoms with Gasteiger partial charge in [0.25, 0.3) is 5.91 Å². The van der Waals surface area contributed by atoms with Crippen molar-refractivity contribution < 1.29 is 9.90 Å². The maximum Gasteiger partial charge on any atom is 0.263 e. The number of carbonyl (C=O) groups excluding carboxylic acids is 1. The third-order valence-corrected chi connectivity index (χ3v) is 6.10. The van der Waals surface area contributed by atoms with Crippen molar-refractivity contribution >= 4 is 28.6 Å². The van der Waals surface area contributed by atoms with Gasteiger partial charge in [0.05, 0.1) is 5.69 Å². The summed E-state index contributed by atoms with van der Waals surface area (Å²) in [6.45, 7) is 2.16. The molecule has 0 spiro atoms. The van der Waals surface area contributed by atoms with Crippen LogP contribution in [0.25, 0.3) is 10.6 Å². The normalized spacial score (nSPS) is 21.7. The second-order valence-corrected chi connectivity index (χ2v) is 7.60. The lowest BCUT2D eigenvalue weighted by atomic mass is 9.86. The van der Waals surface area contributed by atoms with Gasteiger partial charge in [0.2, 0.25) is 0 Å². The minimum Gasteiger partial charge on any atom is -0.396 e. The highest BCUT2D eigenvalue weighted by Gasteiger charge is 2.24. The summed E-state index contributed by atoms with van der Waals surface area (Å²) in [5.74, 6) is 0.396. The zero-order valence-electron chi connectivity index (χ0n) is 12.5. The molecule has 2 aromatic rings. The van der Waals surface area contributed by atoms with Gasteiger partial charge >= 0.3 is 0 Å². The van der Waals surface area contributed by atoms with Crippen molar-refractivity contribution in [2.75, 3.05) is 6.61 Å². The standard InChI is InChI=1S/C16H20N2O2S2/c1-10-14(22-16(17-10)12-6-7-21-9-12)15(20)18-13-4-2-11(8-19)3-5-13/h6-7,9,11,13,19H,2-5,8H2,1H3,(H,18,20). The number of thiophene rings is 1. The molecule has 22 heavy (non-hydrogen) atoms. The molecule has 4 nitrogen and oxygen atoms in total. The highest BCUT2D eigenvalue weighted by Crippen LogP contribution is 2.30. The van der Waals surface area contributed by atoms with Crippen molar-refractivity contribution in [3.05, 3.63) is 27.4 Å². The molecule has 2 N–H and O–H groups in total. The molecule has 0 radical (unpaired) electrons. The molecule has 1 saturated carbocycles. The molecule has 0 aromatic carbocycles. The lowest BCUT2D eigenvalue weighted by Gasteiger charge is -2.27. The molecule has 1 aliphatic rings. The molecule has 2 aromatic heterocycles. The van der Waals surface area contributed by atoms with Gasteiger partial charge in [-0.1, -0.05) is 0 Å². The Morgan fingerprint density at radius 1 is 1.41 bits per heavy atom. The van der Waals surface area contributed by atoms with Crippen LogP contribution in [-0.2, 0) is 0 Å². The zero-order chi connectivity index (χ0) is 15.5. The Bertz CT molecular complexity index is 629. The Labute approximate surface area is 138 Å². The predicted octanol–water partition coefficient (Wildman–Crippen LogP) is 3.46. The lowest BCUT2D eigenvalue weighted by Crippen LogP contribution is -2.38. The SMILES string of the molecule is Cc1nc(-c2ccsc2)sc1C(=O)NC1CCC(CO)CC1. The van der Waals surface area contributed by atoms with Gasteiger partial charge in [-0.3, -0.25) is 4.79 Å². The van der Waals surface area contributed by atoms with Gasteiger partial charge in [0.1, 0.15) is 9.88 Å². The third kappa shape index (κ3) is 3.39. The Balaban J connectivity index is 1.65. The molecule has 0 bridgehead atoms. The van der Waals surface area contributed by atoms with Crippen molar-refractivity contribution in [1.82, 2.24) is 10.3 Å². The third-order valence-electron chi connectivity index (χ3n) is 4.21. The first kappa shape index (κ1) is 15.6. The second-order valence-electron chi connectivity index (χ2n) is 5.82. The predicted molar refractivity (Wildman–Crippen MR) is 90.5 cm³/mol. The lowest BCUT2D eigenvalue weighted by molar-refractivity contribution is 0.0917. The number of aryl methyl sites for hydroxylation is 1. The molecule has 3 rings (SSSR count). The van der Waals surface area contributed by atoms with E-state index in [1.54, 1.807) is 11.3 Å². The van der Waals surface area contributed by atoms with E-state index in [1.165, 1.54) is 11.3 Å². The average molecular weight is 336 g/mol. The molecule has 0 atom stereocenters. The number of thiazole rings is 1. The maximum atomic E-state index is 12.5. The number of amides is 1. The number of aliphatic hydroxyl groups is 1. The molecule has 1 fully saturated rings. The molecule has 1 aliphatic carbocycles. The van der Waals surface area contributed by atoms with Crippen molar-refractivity contribution in [1.29, 1.82) is 0 Å². The number of nitrogens with zero attached hydrogens (tertiary/aromatic N) is 1. The van der Waals surface area contributed by atoms with Gasteiger partial charge < -0.3 is 10.4 Å². The number of hydrogen-bond acceptors (Lipinski definition) is 5. The number of hydrogen-bond donors (Lipinski definition) is 2. The number of carbonyl (C=O) groups is 1. The number of rotatable bonds is 4. The topological polar surface area (TPSA) is 62.2 Å². The van der Waals surface area contributed by atoms with Crippen LogP contribution in [0.15, 0.2) is 16.8 Å². The van der Waals surface area contributed by atoms with Gasteiger partial charge in [-0.25, -0.2) is 4.98 Å². The number of aromatic nitrogens is 1. The van der Waals surface area contributed by atoms with Crippen molar-refractivity contribution in [2.24, 2.45) is 5.92 Å². The minimum absolute atomic E-state index is 0.0103. The van der Waals surface area contributed by atoms with Crippen LogP contribution in [0.1, 0.15) is 41.0 Å². The summed E-state index contributed by atoms with van der Waals surface area (Å²) < 4.78 is 0. The van der Waals surface area contributed by atoms with Gasteiger partial charge in [0.15, 0.2) is 0 Å². The van der Waals surface area contributed by atoms with Crippen molar-refractivity contribution in [2.45, 2.75) is 38.6 Å². The highest BCUT2D eigenvalue weighted by atomic mass is 32.1. The van der Waals surface area contributed by atoms with Crippen LogP contribution in [0.4, 0.5) is 0 Å². The van der Waals surface area contributed by atoms with E-state index in [4.69, 9.17) is 0 Å².